The lowest BCUT2D eigenvalue weighted by atomic mass is 10.1. The molecule has 0 spiro atoms. The third-order valence-corrected chi connectivity index (χ3v) is 6.16. The number of nitrogens with one attached hydrogen (secondary N) is 1. The highest BCUT2D eigenvalue weighted by Crippen LogP contribution is 2.31. The number of carbonyl (C=O) groups excluding carboxylic acids is 1. The summed E-state index contributed by atoms with van der Waals surface area (Å²) in [4.78, 5) is 24.5. The predicted octanol–water partition coefficient (Wildman–Crippen LogP) is 4.31. The van der Waals surface area contributed by atoms with Crippen LogP contribution in [-0.4, -0.2) is 20.9 Å². The molecule has 2 aromatic heterocycles. The molecule has 0 fully saturated rings. The molecular formula is C20H16N4OS2. The smallest absolute Gasteiger partial charge is 0.271 e. The van der Waals surface area contributed by atoms with Crippen LogP contribution in [0.5, 0.6) is 0 Å². The molecule has 0 aliphatic rings. The lowest BCUT2D eigenvalue weighted by molar-refractivity contribution is 0.0945. The molecule has 0 bridgehead atoms. The summed E-state index contributed by atoms with van der Waals surface area (Å²) in [5.41, 5.74) is 3.64. The van der Waals surface area contributed by atoms with Crippen LogP contribution in [0, 0.1) is 0 Å². The van der Waals surface area contributed by atoms with Crippen molar-refractivity contribution in [1.82, 2.24) is 20.3 Å². The van der Waals surface area contributed by atoms with Crippen molar-refractivity contribution in [3.63, 3.8) is 0 Å². The molecule has 5 nitrogen and oxygen atoms in total. The fourth-order valence-corrected chi connectivity index (χ4v) is 4.52. The highest BCUT2D eigenvalue weighted by molar-refractivity contribution is 8.00. The molecule has 0 aliphatic carbocycles. The number of hydrogen-bond acceptors (Lipinski definition) is 6. The number of thioether (sulfide) groups is 1. The predicted molar refractivity (Wildman–Crippen MR) is 109 cm³/mol. The van der Waals surface area contributed by atoms with Crippen LogP contribution < -0.4 is 5.32 Å². The molecule has 1 N–H and O–H groups in total. The van der Waals surface area contributed by atoms with Gasteiger partial charge in [0.05, 0.1) is 16.4 Å². The average Bonchev–Trinajstić information content (AvgIpc) is 3.15. The maximum atomic E-state index is 12.0. The first-order valence-corrected chi connectivity index (χ1v) is 10.2. The molecule has 0 aliphatic heterocycles. The van der Waals surface area contributed by atoms with Crippen molar-refractivity contribution in [1.29, 1.82) is 0 Å². The molecule has 0 atom stereocenters. The zero-order chi connectivity index (χ0) is 18.5. The summed E-state index contributed by atoms with van der Waals surface area (Å²) in [5, 5.41) is 2.85. The zero-order valence-corrected chi connectivity index (χ0v) is 16.0. The molecule has 27 heavy (non-hydrogen) atoms. The van der Waals surface area contributed by atoms with Crippen LogP contribution in [0.2, 0.25) is 0 Å². The first-order chi connectivity index (χ1) is 13.3. The van der Waals surface area contributed by atoms with E-state index in [1.165, 1.54) is 22.7 Å². The Hall–Kier alpha value is -2.77. The standard InChI is InChI=1S/C20H16N4OS2/c25-19(17-12-21-9-10-22-17)23-11-14-5-7-15(8-6-14)13-26-20-24-16-3-1-2-4-18(16)27-20/h1-10,12H,11,13H2,(H,23,25). The minimum Gasteiger partial charge on any atom is -0.347 e. The van der Waals surface area contributed by atoms with Crippen LogP contribution in [0.15, 0.2) is 71.5 Å². The monoisotopic (exact) mass is 392 g/mol. The largest absolute Gasteiger partial charge is 0.347 e. The van der Waals surface area contributed by atoms with Gasteiger partial charge in [-0.25, -0.2) is 9.97 Å². The zero-order valence-electron chi connectivity index (χ0n) is 14.3. The molecule has 2 aromatic carbocycles. The van der Waals surface area contributed by atoms with E-state index in [9.17, 15) is 4.79 Å². The molecule has 1 amide bonds. The van der Waals surface area contributed by atoms with Gasteiger partial charge in [-0.05, 0) is 23.3 Å². The van der Waals surface area contributed by atoms with Gasteiger partial charge >= 0.3 is 0 Å². The van der Waals surface area contributed by atoms with Gasteiger partial charge in [-0.15, -0.1) is 11.3 Å². The van der Waals surface area contributed by atoms with Gasteiger partial charge in [-0.2, -0.15) is 0 Å². The minimum atomic E-state index is -0.224. The molecular weight excluding hydrogens is 376 g/mol. The summed E-state index contributed by atoms with van der Waals surface area (Å²) in [7, 11) is 0. The highest BCUT2D eigenvalue weighted by atomic mass is 32.2. The van der Waals surface area contributed by atoms with E-state index in [-0.39, 0.29) is 5.91 Å². The second-order valence-electron chi connectivity index (χ2n) is 5.83. The van der Waals surface area contributed by atoms with E-state index in [1.54, 1.807) is 29.3 Å². The maximum Gasteiger partial charge on any atom is 0.271 e. The van der Waals surface area contributed by atoms with Gasteiger partial charge < -0.3 is 5.32 Å². The number of aromatic nitrogens is 3. The van der Waals surface area contributed by atoms with E-state index < -0.39 is 0 Å². The average molecular weight is 393 g/mol. The van der Waals surface area contributed by atoms with Crippen molar-refractivity contribution in [2.45, 2.75) is 16.6 Å². The van der Waals surface area contributed by atoms with E-state index in [2.05, 4.69) is 38.5 Å². The van der Waals surface area contributed by atoms with Gasteiger partial charge in [-0.1, -0.05) is 48.2 Å². The van der Waals surface area contributed by atoms with Crippen LogP contribution >= 0.6 is 23.1 Å². The van der Waals surface area contributed by atoms with Crippen LogP contribution in [-0.2, 0) is 12.3 Å². The first kappa shape index (κ1) is 17.6. The molecule has 7 heteroatoms. The molecule has 0 saturated carbocycles. The number of fused-ring (bicyclic) bond motifs is 1. The van der Waals surface area contributed by atoms with Gasteiger partial charge in [0.1, 0.15) is 5.69 Å². The summed E-state index contributed by atoms with van der Waals surface area (Å²) in [5.74, 6) is 0.644. The Morgan fingerprint density at radius 1 is 1.04 bits per heavy atom. The SMILES string of the molecule is O=C(NCc1ccc(CSc2nc3ccccc3s2)cc1)c1cnccn1. The molecule has 0 unspecified atom stereocenters. The molecule has 0 radical (unpaired) electrons. The van der Waals surface area contributed by atoms with Gasteiger partial charge in [0.15, 0.2) is 4.34 Å². The Labute approximate surface area is 164 Å². The molecule has 4 aromatic rings. The van der Waals surface area contributed by atoms with E-state index in [4.69, 9.17) is 0 Å². The minimum absolute atomic E-state index is 0.224. The third-order valence-electron chi connectivity index (χ3n) is 3.91. The van der Waals surface area contributed by atoms with Crippen LogP contribution in [0.3, 0.4) is 0 Å². The summed E-state index contributed by atoms with van der Waals surface area (Å²) >= 11 is 3.47. The van der Waals surface area contributed by atoms with Crippen LogP contribution in [0.1, 0.15) is 21.6 Å². The Morgan fingerprint density at radius 2 is 1.85 bits per heavy atom. The Kier molecular flexibility index (Phi) is 5.41. The Bertz CT molecular complexity index is 1020. The Balaban J connectivity index is 1.31. The van der Waals surface area contributed by atoms with E-state index in [0.29, 0.717) is 12.2 Å². The number of thiazole rings is 1. The second-order valence-corrected chi connectivity index (χ2v) is 8.08. The number of carbonyl (C=O) groups is 1. The van der Waals surface area contributed by atoms with E-state index in [0.717, 1.165) is 21.2 Å². The first-order valence-electron chi connectivity index (χ1n) is 8.38. The third kappa shape index (κ3) is 4.50. The van der Waals surface area contributed by atoms with Crippen molar-refractivity contribution in [3.05, 3.63) is 83.9 Å². The maximum absolute atomic E-state index is 12.0. The normalized spacial score (nSPS) is 10.8. The molecule has 4 rings (SSSR count). The summed E-state index contributed by atoms with van der Waals surface area (Å²) < 4.78 is 2.30. The summed E-state index contributed by atoms with van der Waals surface area (Å²) in [6.45, 7) is 0.459. The second kappa shape index (κ2) is 8.28. The number of para-hydroxylation sites is 1. The van der Waals surface area contributed by atoms with Crippen LogP contribution in [0.4, 0.5) is 0 Å². The number of amides is 1. The van der Waals surface area contributed by atoms with Crippen LogP contribution in [0.25, 0.3) is 10.2 Å². The topological polar surface area (TPSA) is 67.8 Å². The highest BCUT2D eigenvalue weighted by Gasteiger charge is 2.07. The number of rotatable bonds is 6. The number of hydrogen-bond donors (Lipinski definition) is 1. The van der Waals surface area contributed by atoms with Crippen molar-refractivity contribution in [2.24, 2.45) is 0 Å². The summed E-state index contributed by atoms with van der Waals surface area (Å²) in [6, 6.07) is 16.4. The van der Waals surface area contributed by atoms with E-state index >= 15 is 0 Å². The number of nitrogens with zero attached hydrogens (tertiary/aromatic N) is 3. The summed E-state index contributed by atoms with van der Waals surface area (Å²) in [6.07, 6.45) is 4.51. The Morgan fingerprint density at radius 3 is 2.63 bits per heavy atom. The number of benzene rings is 2. The van der Waals surface area contributed by atoms with Gasteiger partial charge in [0, 0.05) is 24.7 Å². The lowest BCUT2D eigenvalue weighted by Crippen LogP contribution is -2.23. The lowest BCUT2D eigenvalue weighted by Gasteiger charge is -2.06. The van der Waals surface area contributed by atoms with Crippen molar-refractivity contribution in [2.75, 3.05) is 0 Å². The van der Waals surface area contributed by atoms with Gasteiger partial charge in [-0.3, -0.25) is 9.78 Å². The molecule has 134 valence electrons. The van der Waals surface area contributed by atoms with Gasteiger partial charge in [0.25, 0.3) is 5.91 Å². The fourth-order valence-electron chi connectivity index (χ4n) is 2.50. The van der Waals surface area contributed by atoms with Crippen molar-refractivity contribution < 1.29 is 4.79 Å². The van der Waals surface area contributed by atoms with Crippen molar-refractivity contribution in [3.8, 4) is 0 Å². The molecule has 2 heterocycles. The molecule has 0 saturated heterocycles. The van der Waals surface area contributed by atoms with E-state index in [1.807, 2.05) is 30.3 Å². The van der Waals surface area contributed by atoms with Gasteiger partial charge in [0.2, 0.25) is 0 Å². The fraction of sp³-hybridized carbons (Fsp3) is 0.100. The van der Waals surface area contributed by atoms with Crippen molar-refractivity contribution >= 4 is 39.2 Å². The quantitative estimate of drug-likeness (QED) is 0.495.